The minimum atomic E-state index is -4.62. The van der Waals surface area contributed by atoms with Crippen molar-refractivity contribution in [2.24, 2.45) is 5.92 Å². The molecule has 0 amide bonds. The van der Waals surface area contributed by atoms with Gasteiger partial charge in [-0.3, -0.25) is 4.90 Å². The zero-order chi connectivity index (χ0) is 18.6. The summed E-state index contributed by atoms with van der Waals surface area (Å²) in [6, 6.07) is 5.35. The number of ether oxygens (including phenoxy) is 1. The van der Waals surface area contributed by atoms with Gasteiger partial charge in [-0.05, 0) is 44.0 Å². The topological polar surface area (TPSA) is 88.1 Å². The summed E-state index contributed by atoms with van der Waals surface area (Å²) in [6.45, 7) is 2.00. The van der Waals surface area contributed by atoms with Crippen LogP contribution in [0.2, 0.25) is 0 Å². The SMILES string of the molecule is N#Cc1cccnc1OCC1CCN(Cc2nnc(C(F)(F)F)o2)CC1. The van der Waals surface area contributed by atoms with Gasteiger partial charge in [0.2, 0.25) is 11.8 Å². The molecule has 2 aromatic heterocycles. The Bertz CT molecular complexity index is 779. The predicted octanol–water partition coefficient (Wildman–Crippen LogP) is 2.65. The predicted molar refractivity (Wildman–Crippen MR) is 81.7 cm³/mol. The Morgan fingerprint density at radius 2 is 2.08 bits per heavy atom. The zero-order valence-electron chi connectivity index (χ0n) is 13.7. The van der Waals surface area contributed by atoms with E-state index in [2.05, 4.69) is 19.6 Å². The number of pyridine rings is 1. The summed E-state index contributed by atoms with van der Waals surface area (Å²) in [5.74, 6) is -0.755. The number of halogens is 3. The summed E-state index contributed by atoms with van der Waals surface area (Å²) in [7, 11) is 0. The van der Waals surface area contributed by atoms with Gasteiger partial charge in [0.15, 0.2) is 0 Å². The molecular weight excluding hydrogens is 351 g/mol. The highest BCUT2D eigenvalue weighted by Crippen LogP contribution is 2.28. The monoisotopic (exact) mass is 367 g/mol. The largest absolute Gasteiger partial charge is 0.476 e. The fourth-order valence-corrected chi connectivity index (χ4v) is 2.72. The Kier molecular flexibility index (Phi) is 5.37. The Morgan fingerprint density at radius 3 is 2.73 bits per heavy atom. The number of nitrogens with zero attached hydrogens (tertiary/aromatic N) is 5. The minimum Gasteiger partial charge on any atom is -0.476 e. The van der Waals surface area contributed by atoms with Crippen LogP contribution in [0.25, 0.3) is 0 Å². The second-order valence-corrected chi connectivity index (χ2v) is 6.00. The minimum absolute atomic E-state index is 0.0424. The summed E-state index contributed by atoms with van der Waals surface area (Å²) < 4.78 is 47.7. The van der Waals surface area contributed by atoms with E-state index in [1.54, 1.807) is 18.3 Å². The molecule has 0 N–H and O–H groups in total. The molecule has 138 valence electrons. The van der Waals surface area contributed by atoms with Crippen molar-refractivity contribution in [3.8, 4) is 11.9 Å². The molecule has 1 fully saturated rings. The van der Waals surface area contributed by atoms with Crippen LogP contribution >= 0.6 is 0 Å². The fraction of sp³-hybridized carbons (Fsp3) is 0.500. The van der Waals surface area contributed by atoms with Crippen molar-refractivity contribution in [3.05, 3.63) is 35.7 Å². The molecule has 7 nitrogen and oxygen atoms in total. The number of hydrogen-bond acceptors (Lipinski definition) is 7. The van der Waals surface area contributed by atoms with Crippen LogP contribution in [-0.2, 0) is 12.7 Å². The molecule has 0 bridgehead atoms. The highest BCUT2D eigenvalue weighted by atomic mass is 19.4. The van der Waals surface area contributed by atoms with Gasteiger partial charge in [-0.25, -0.2) is 4.98 Å². The number of piperidine rings is 1. The van der Waals surface area contributed by atoms with E-state index in [0.717, 1.165) is 12.8 Å². The van der Waals surface area contributed by atoms with Crippen LogP contribution in [-0.4, -0.2) is 39.8 Å². The van der Waals surface area contributed by atoms with E-state index >= 15 is 0 Å². The summed E-state index contributed by atoms with van der Waals surface area (Å²) in [6.07, 6.45) is -1.42. The van der Waals surface area contributed by atoms with Crippen molar-refractivity contribution in [2.45, 2.75) is 25.6 Å². The van der Waals surface area contributed by atoms with Gasteiger partial charge in [0.1, 0.15) is 11.6 Å². The molecule has 0 saturated carbocycles. The highest BCUT2D eigenvalue weighted by molar-refractivity contribution is 5.36. The third kappa shape index (κ3) is 4.49. The van der Waals surface area contributed by atoms with Crippen LogP contribution in [0.1, 0.15) is 30.2 Å². The maximum atomic E-state index is 12.5. The van der Waals surface area contributed by atoms with E-state index in [-0.39, 0.29) is 18.4 Å². The van der Waals surface area contributed by atoms with Crippen LogP contribution in [0, 0.1) is 17.2 Å². The molecule has 0 spiro atoms. The Labute approximate surface area is 147 Å². The molecule has 3 rings (SSSR count). The second kappa shape index (κ2) is 7.70. The van der Waals surface area contributed by atoms with E-state index in [9.17, 15) is 13.2 Å². The van der Waals surface area contributed by atoms with E-state index in [1.807, 2.05) is 11.0 Å². The van der Waals surface area contributed by atoms with E-state index in [4.69, 9.17) is 10.00 Å². The molecule has 10 heteroatoms. The molecule has 0 radical (unpaired) electrons. The molecule has 0 aliphatic carbocycles. The van der Waals surface area contributed by atoms with Gasteiger partial charge in [0.05, 0.1) is 13.2 Å². The lowest BCUT2D eigenvalue weighted by molar-refractivity contribution is -0.157. The van der Waals surface area contributed by atoms with Gasteiger partial charge in [0.25, 0.3) is 0 Å². The van der Waals surface area contributed by atoms with Crippen molar-refractivity contribution >= 4 is 0 Å². The lowest BCUT2D eigenvalue weighted by Crippen LogP contribution is -2.35. The maximum absolute atomic E-state index is 12.5. The summed E-state index contributed by atoms with van der Waals surface area (Å²) >= 11 is 0. The van der Waals surface area contributed by atoms with Crippen molar-refractivity contribution in [1.29, 1.82) is 5.26 Å². The van der Waals surface area contributed by atoms with Crippen molar-refractivity contribution in [1.82, 2.24) is 20.1 Å². The number of rotatable bonds is 5. The van der Waals surface area contributed by atoms with Crippen molar-refractivity contribution in [3.63, 3.8) is 0 Å². The first-order valence-electron chi connectivity index (χ1n) is 8.05. The molecule has 0 unspecified atom stereocenters. The molecule has 1 aliphatic rings. The van der Waals surface area contributed by atoms with Crippen molar-refractivity contribution in [2.75, 3.05) is 19.7 Å². The first kappa shape index (κ1) is 18.1. The molecule has 1 aliphatic heterocycles. The highest BCUT2D eigenvalue weighted by Gasteiger charge is 2.38. The Balaban J connectivity index is 1.46. The molecule has 3 heterocycles. The average molecular weight is 367 g/mol. The normalized spacial score (nSPS) is 16.4. The third-order valence-electron chi connectivity index (χ3n) is 4.12. The third-order valence-corrected chi connectivity index (χ3v) is 4.12. The van der Waals surface area contributed by atoms with Crippen LogP contribution in [0.3, 0.4) is 0 Å². The van der Waals surface area contributed by atoms with Gasteiger partial charge in [-0.1, -0.05) is 0 Å². The van der Waals surface area contributed by atoms with Gasteiger partial charge in [-0.2, -0.15) is 18.4 Å². The lowest BCUT2D eigenvalue weighted by Gasteiger charge is -2.30. The van der Waals surface area contributed by atoms with E-state index < -0.39 is 12.1 Å². The van der Waals surface area contributed by atoms with Crippen LogP contribution < -0.4 is 4.74 Å². The summed E-state index contributed by atoms with van der Waals surface area (Å²) in [5.41, 5.74) is 0.391. The summed E-state index contributed by atoms with van der Waals surface area (Å²) in [4.78, 5) is 6.02. The molecule has 0 atom stereocenters. The fourth-order valence-electron chi connectivity index (χ4n) is 2.72. The van der Waals surface area contributed by atoms with Gasteiger partial charge in [-0.15, -0.1) is 10.2 Å². The van der Waals surface area contributed by atoms with Crippen LogP contribution in [0.15, 0.2) is 22.7 Å². The standard InChI is InChI=1S/C16H16F3N5O2/c17-16(18,19)15-23-22-13(26-15)9-24-6-3-11(4-7-24)10-25-14-12(8-20)2-1-5-21-14/h1-2,5,11H,3-4,6-7,9-10H2. The van der Waals surface area contributed by atoms with Crippen LogP contribution in [0.4, 0.5) is 13.2 Å². The molecule has 0 aromatic carbocycles. The number of alkyl halides is 3. The van der Waals surface area contributed by atoms with Crippen molar-refractivity contribution < 1.29 is 22.3 Å². The molecule has 1 saturated heterocycles. The molecule has 2 aromatic rings. The number of aromatic nitrogens is 3. The van der Waals surface area contributed by atoms with Gasteiger partial charge in [0, 0.05) is 6.20 Å². The number of nitriles is 1. The molecular formula is C16H16F3N5O2. The van der Waals surface area contributed by atoms with Gasteiger partial charge >= 0.3 is 12.1 Å². The first-order chi connectivity index (χ1) is 12.5. The first-order valence-corrected chi connectivity index (χ1v) is 8.05. The van der Waals surface area contributed by atoms with Crippen LogP contribution in [0.5, 0.6) is 5.88 Å². The molecule has 26 heavy (non-hydrogen) atoms. The van der Waals surface area contributed by atoms with E-state index in [0.29, 0.717) is 31.1 Å². The maximum Gasteiger partial charge on any atom is 0.470 e. The summed E-state index contributed by atoms with van der Waals surface area (Å²) in [5, 5.41) is 15.5. The Morgan fingerprint density at radius 1 is 1.31 bits per heavy atom. The van der Waals surface area contributed by atoms with Gasteiger partial charge < -0.3 is 9.15 Å². The van der Waals surface area contributed by atoms with E-state index in [1.165, 1.54) is 0 Å². The Hall–Kier alpha value is -2.67. The second-order valence-electron chi connectivity index (χ2n) is 6.00. The zero-order valence-corrected chi connectivity index (χ0v) is 13.7. The average Bonchev–Trinajstić information content (AvgIpc) is 3.10. The lowest BCUT2D eigenvalue weighted by atomic mass is 9.98. The quantitative estimate of drug-likeness (QED) is 0.803. The smallest absolute Gasteiger partial charge is 0.470 e. The number of hydrogen-bond donors (Lipinski definition) is 0. The number of likely N-dealkylation sites (tertiary alicyclic amines) is 1.